The number of amides is 1. The van der Waals surface area contributed by atoms with Crippen LogP contribution >= 0.6 is 22.6 Å². The molecule has 0 aliphatic heterocycles. The van der Waals surface area contributed by atoms with E-state index in [0.29, 0.717) is 12.3 Å². The lowest BCUT2D eigenvalue weighted by atomic mass is 10.2. The van der Waals surface area contributed by atoms with E-state index in [-0.39, 0.29) is 12.5 Å². The highest BCUT2D eigenvalue weighted by atomic mass is 127. The van der Waals surface area contributed by atoms with Crippen LogP contribution in [0.3, 0.4) is 0 Å². The summed E-state index contributed by atoms with van der Waals surface area (Å²) in [5.41, 5.74) is 4.04. The van der Waals surface area contributed by atoms with Gasteiger partial charge in [0.05, 0.1) is 11.4 Å². The lowest BCUT2D eigenvalue weighted by Gasteiger charge is -2.18. The van der Waals surface area contributed by atoms with Gasteiger partial charge in [0, 0.05) is 28.4 Å². The largest absolute Gasteiger partial charge is 0.484 e. The number of carbonyl (C=O) groups excluding carboxylic acids is 1. The van der Waals surface area contributed by atoms with Crippen molar-refractivity contribution in [3.63, 3.8) is 0 Å². The van der Waals surface area contributed by atoms with E-state index >= 15 is 0 Å². The van der Waals surface area contributed by atoms with Gasteiger partial charge in [0.25, 0.3) is 5.91 Å². The molecule has 0 radical (unpaired) electrons. The summed E-state index contributed by atoms with van der Waals surface area (Å²) in [6, 6.07) is 17.6. The third-order valence-corrected chi connectivity index (χ3v) is 5.16. The molecule has 0 saturated heterocycles. The number of carbonyl (C=O) groups is 1. The number of benzene rings is 2. The molecule has 6 heteroatoms. The van der Waals surface area contributed by atoms with Gasteiger partial charge in [0.2, 0.25) is 0 Å². The lowest BCUT2D eigenvalue weighted by Crippen LogP contribution is -2.31. The summed E-state index contributed by atoms with van der Waals surface area (Å²) in [5, 5.41) is 4.64. The zero-order chi connectivity index (χ0) is 19.4. The van der Waals surface area contributed by atoms with Crippen LogP contribution in [0.4, 0.5) is 0 Å². The van der Waals surface area contributed by atoms with E-state index < -0.39 is 0 Å². The molecule has 3 aromatic rings. The molecule has 1 aromatic heterocycles. The smallest absolute Gasteiger partial charge is 0.260 e. The molecule has 0 spiro atoms. The van der Waals surface area contributed by atoms with Crippen LogP contribution in [0.15, 0.2) is 54.6 Å². The maximum Gasteiger partial charge on any atom is 0.260 e. The minimum atomic E-state index is -0.0696. The number of likely N-dealkylation sites (N-methyl/N-ethyl adjacent to an activating group) is 1. The lowest BCUT2D eigenvalue weighted by molar-refractivity contribution is -0.132. The molecular weight excluding hydrogens is 453 g/mol. The van der Waals surface area contributed by atoms with Gasteiger partial charge in [-0.05, 0) is 72.8 Å². The van der Waals surface area contributed by atoms with Crippen molar-refractivity contribution < 1.29 is 9.53 Å². The molecule has 27 heavy (non-hydrogen) atoms. The average Bonchev–Trinajstić information content (AvgIpc) is 2.96. The highest BCUT2D eigenvalue weighted by Crippen LogP contribution is 2.19. The normalized spacial score (nSPS) is 10.7. The molecule has 140 valence electrons. The Labute approximate surface area is 173 Å². The average molecular weight is 475 g/mol. The monoisotopic (exact) mass is 475 g/mol. The molecule has 1 heterocycles. The van der Waals surface area contributed by atoms with E-state index in [2.05, 4.69) is 27.7 Å². The van der Waals surface area contributed by atoms with Gasteiger partial charge in [-0.3, -0.25) is 4.79 Å². The SMILES string of the molecule is Cc1nn(-c2ccccc2)c(C)c1CN(C)C(=O)COc1ccc(I)cc1. The van der Waals surface area contributed by atoms with Crippen LogP contribution in [0.2, 0.25) is 0 Å². The Hall–Kier alpha value is -2.35. The summed E-state index contributed by atoms with van der Waals surface area (Å²) in [5.74, 6) is 0.626. The standard InChI is InChI=1S/C21H22IN3O2/c1-15-20(16(2)25(23-15)18-7-5-4-6-8-18)13-24(3)21(26)14-27-19-11-9-17(22)10-12-19/h4-12H,13-14H2,1-3H3. The van der Waals surface area contributed by atoms with E-state index in [0.717, 1.165) is 26.2 Å². The van der Waals surface area contributed by atoms with E-state index in [1.165, 1.54) is 0 Å². The first-order chi connectivity index (χ1) is 13.0. The van der Waals surface area contributed by atoms with Crippen molar-refractivity contribution in [2.75, 3.05) is 13.7 Å². The van der Waals surface area contributed by atoms with E-state index in [9.17, 15) is 4.79 Å². The molecule has 0 unspecified atom stereocenters. The maximum absolute atomic E-state index is 12.5. The van der Waals surface area contributed by atoms with Crippen molar-refractivity contribution in [2.45, 2.75) is 20.4 Å². The maximum atomic E-state index is 12.5. The zero-order valence-corrected chi connectivity index (χ0v) is 17.8. The fourth-order valence-electron chi connectivity index (χ4n) is 2.84. The second-order valence-corrected chi connectivity index (χ2v) is 7.63. The molecule has 0 bridgehead atoms. The third-order valence-electron chi connectivity index (χ3n) is 4.44. The van der Waals surface area contributed by atoms with E-state index in [4.69, 9.17) is 4.74 Å². The second kappa shape index (κ2) is 8.56. The Bertz CT molecular complexity index is 921. The van der Waals surface area contributed by atoms with Crippen molar-refractivity contribution in [3.05, 3.63) is 75.1 Å². The summed E-state index contributed by atoms with van der Waals surface area (Å²) >= 11 is 2.23. The first-order valence-corrected chi connectivity index (χ1v) is 9.76. The van der Waals surface area contributed by atoms with Crippen LogP contribution in [0, 0.1) is 17.4 Å². The van der Waals surface area contributed by atoms with Gasteiger partial charge >= 0.3 is 0 Å². The van der Waals surface area contributed by atoms with Crippen molar-refractivity contribution in [1.29, 1.82) is 0 Å². The van der Waals surface area contributed by atoms with Gasteiger partial charge in [0.15, 0.2) is 6.61 Å². The van der Waals surface area contributed by atoms with Crippen LogP contribution in [0.5, 0.6) is 5.75 Å². The van der Waals surface area contributed by atoms with E-state index in [1.54, 1.807) is 11.9 Å². The van der Waals surface area contributed by atoms with Crippen LogP contribution in [-0.2, 0) is 11.3 Å². The highest BCUT2D eigenvalue weighted by Gasteiger charge is 2.17. The number of ether oxygens (including phenoxy) is 1. The number of para-hydroxylation sites is 1. The number of nitrogens with zero attached hydrogens (tertiary/aromatic N) is 3. The molecule has 0 aliphatic rings. The van der Waals surface area contributed by atoms with Gasteiger partial charge in [-0.15, -0.1) is 0 Å². The Morgan fingerprint density at radius 3 is 2.44 bits per heavy atom. The van der Waals surface area contributed by atoms with Crippen molar-refractivity contribution in [3.8, 4) is 11.4 Å². The third kappa shape index (κ3) is 4.68. The first kappa shape index (κ1) is 19.4. The van der Waals surface area contributed by atoms with Crippen molar-refractivity contribution in [1.82, 2.24) is 14.7 Å². The molecule has 0 fully saturated rings. The van der Waals surface area contributed by atoms with Gasteiger partial charge in [0.1, 0.15) is 5.75 Å². The number of hydrogen-bond acceptors (Lipinski definition) is 3. The molecule has 2 aromatic carbocycles. The van der Waals surface area contributed by atoms with Crippen LogP contribution in [0.1, 0.15) is 17.0 Å². The van der Waals surface area contributed by atoms with Crippen LogP contribution < -0.4 is 4.74 Å². The molecule has 0 N–H and O–H groups in total. The summed E-state index contributed by atoms with van der Waals surface area (Å²) in [6.45, 7) is 4.52. The number of rotatable bonds is 6. The van der Waals surface area contributed by atoms with Crippen molar-refractivity contribution in [2.24, 2.45) is 0 Å². The van der Waals surface area contributed by atoms with Gasteiger partial charge in [-0.1, -0.05) is 18.2 Å². The zero-order valence-electron chi connectivity index (χ0n) is 15.6. The topological polar surface area (TPSA) is 47.4 Å². The Morgan fingerprint density at radius 1 is 1.11 bits per heavy atom. The fraction of sp³-hybridized carbons (Fsp3) is 0.238. The van der Waals surface area contributed by atoms with Gasteiger partial charge < -0.3 is 9.64 Å². The molecule has 5 nitrogen and oxygen atoms in total. The molecule has 0 atom stereocenters. The summed E-state index contributed by atoms with van der Waals surface area (Å²) in [7, 11) is 1.79. The second-order valence-electron chi connectivity index (χ2n) is 6.39. The highest BCUT2D eigenvalue weighted by molar-refractivity contribution is 14.1. The molecular formula is C21H22IN3O2. The number of aryl methyl sites for hydroxylation is 1. The van der Waals surface area contributed by atoms with E-state index in [1.807, 2.05) is 73.1 Å². The van der Waals surface area contributed by atoms with Gasteiger partial charge in [-0.2, -0.15) is 5.10 Å². The molecule has 0 aliphatic carbocycles. The summed E-state index contributed by atoms with van der Waals surface area (Å²) in [6.07, 6.45) is 0. The van der Waals surface area contributed by atoms with Crippen molar-refractivity contribution >= 4 is 28.5 Å². The predicted molar refractivity (Wildman–Crippen MR) is 114 cm³/mol. The minimum absolute atomic E-state index is 0.0159. The number of aromatic nitrogens is 2. The van der Waals surface area contributed by atoms with Crippen LogP contribution in [-0.4, -0.2) is 34.2 Å². The predicted octanol–water partition coefficient (Wildman–Crippen LogP) is 4.13. The molecule has 1 amide bonds. The first-order valence-electron chi connectivity index (χ1n) is 8.68. The minimum Gasteiger partial charge on any atom is -0.484 e. The molecule has 3 rings (SSSR count). The quantitative estimate of drug-likeness (QED) is 0.504. The Kier molecular flexibility index (Phi) is 6.15. The van der Waals surface area contributed by atoms with Crippen LogP contribution in [0.25, 0.3) is 5.69 Å². The van der Waals surface area contributed by atoms with Gasteiger partial charge in [-0.25, -0.2) is 4.68 Å². The summed E-state index contributed by atoms with van der Waals surface area (Å²) < 4.78 is 8.65. The molecule has 0 saturated carbocycles. The number of halogens is 1. The fourth-order valence-corrected chi connectivity index (χ4v) is 3.20. The summed E-state index contributed by atoms with van der Waals surface area (Å²) in [4.78, 5) is 14.1. The Morgan fingerprint density at radius 2 is 1.78 bits per heavy atom. The Balaban J connectivity index is 1.66. The number of hydrogen-bond donors (Lipinski definition) is 0.